The van der Waals surface area contributed by atoms with E-state index in [1.807, 2.05) is 0 Å². The summed E-state index contributed by atoms with van der Waals surface area (Å²) in [6, 6.07) is 0.557. The summed E-state index contributed by atoms with van der Waals surface area (Å²) in [5.74, 6) is 0.820. The van der Waals surface area contributed by atoms with Crippen LogP contribution in [0.4, 0.5) is 0 Å². The van der Waals surface area contributed by atoms with Gasteiger partial charge in [0.05, 0.1) is 6.10 Å². The van der Waals surface area contributed by atoms with Crippen LogP contribution in [0.1, 0.15) is 39.0 Å². The first-order valence-corrected chi connectivity index (χ1v) is 5.88. The van der Waals surface area contributed by atoms with Gasteiger partial charge in [0.2, 0.25) is 0 Å². The number of hydrogen-bond acceptors (Lipinski definition) is 2. The zero-order valence-corrected chi connectivity index (χ0v) is 9.00. The van der Waals surface area contributed by atoms with Crippen LogP contribution in [-0.2, 0) is 0 Å². The van der Waals surface area contributed by atoms with E-state index in [4.69, 9.17) is 0 Å². The average Bonchev–Trinajstić information content (AvgIpc) is 2.19. The second-order valence-corrected chi connectivity index (χ2v) is 4.84. The van der Waals surface area contributed by atoms with Crippen molar-refractivity contribution in [1.29, 1.82) is 0 Å². The highest BCUT2D eigenvalue weighted by molar-refractivity contribution is 5.16. The molecule has 80 valence electrons. The fourth-order valence-electron chi connectivity index (χ4n) is 2.53. The van der Waals surface area contributed by atoms with Crippen LogP contribution in [0.5, 0.6) is 0 Å². The molecule has 0 aromatic heterocycles. The lowest BCUT2D eigenvalue weighted by Crippen LogP contribution is -2.40. The Morgan fingerprint density at radius 1 is 1.36 bits per heavy atom. The highest BCUT2D eigenvalue weighted by Crippen LogP contribution is 2.26. The number of nitrogens with one attached hydrogen (secondary N) is 1. The zero-order valence-electron chi connectivity index (χ0n) is 9.00. The molecule has 1 aliphatic carbocycles. The number of aliphatic hydroxyl groups is 1. The molecule has 0 radical (unpaired) electrons. The molecule has 0 spiro atoms. The molecule has 3 atom stereocenters. The Morgan fingerprint density at radius 3 is 2.86 bits per heavy atom. The van der Waals surface area contributed by atoms with Crippen LogP contribution in [0.2, 0.25) is 0 Å². The Labute approximate surface area is 86.4 Å². The van der Waals surface area contributed by atoms with Gasteiger partial charge in [-0.05, 0) is 44.6 Å². The van der Waals surface area contributed by atoms with Crippen molar-refractivity contribution in [3.05, 3.63) is 11.6 Å². The Hall–Kier alpha value is -0.340. The van der Waals surface area contributed by atoms with E-state index in [-0.39, 0.29) is 6.10 Å². The molecular weight excluding hydrogens is 174 g/mol. The van der Waals surface area contributed by atoms with Gasteiger partial charge in [-0.2, -0.15) is 0 Å². The molecule has 2 N–H and O–H groups in total. The standard InChI is InChI=1S/C12H21NO/c1-9-5-6-12(13-8-9)10-3-2-4-11(14)7-10/h7,9,11-14H,2-6,8H2,1H3. The summed E-state index contributed by atoms with van der Waals surface area (Å²) in [4.78, 5) is 0. The van der Waals surface area contributed by atoms with Gasteiger partial charge in [-0.15, -0.1) is 0 Å². The van der Waals surface area contributed by atoms with E-state index in [2.05, 4.69) is 18.3 Å². The normalized spacial score (nSPS) is 39.3. The van der Waals surface area contributed by atoms with Gasteiger partial charge < -0.3 is 10.4 Å². The van der Waals surface area contributed by atoms with Gasteiger partial charge in [0, 0.05) is 6.04 Å². The third-order valence-corrected chi connectivity index (χ3v) is 3.48. The number of piperidine rings is 1. The second kappa shape index (κ2) is 4.45. The van der Waals surface area contributed by atoms with Gasteiger partial charge in [-0.3, -0.25) is 0 Å². The number of hydrogen-bond donors (Lipinski definition) is 2. The minimum Gasteiger partial charge on any atom is -0.389 e. The molecule has 0 aromatic carbocycles. The largest absolute Gasteiger partial charge is 0.389 e. The minimum absolute atomic E-state index is 0.181. The number of aliphatic hydroxyl groups excluding tert-OH is 1. The van der Waals surface area contributed by atoms with Crippen molar-refractivity contribution < 1.29 is 5.11 Å². The van der Waals surface area contributed by atoms with E-state index in [1.165, 1.54) is 24.8 Å². The van der Waals surface area contributed by atoms with Gasteiger partial charge in [-0.25, -0.2) is 0 Å². The van der Waals surface area contributed by atoms with Crippen molar-refractivity contribution in [3.8, 4) is 0 Å². The molecule has 2 aliphatic rings. The molecule has 2 nitrogen and oxygen atoms in total. The van der Waals surface area contributed by atoms with Crippen LogP contribution in [0.3, 0.4) is 0 Å². The molecule has 1 saturated heterocycles. The maximum Gasteiger partial charge on any atom is 0.0724 e. The minimum atomic E-state index is -0.181. The first-order valence-electron chi connectivity index (χ1n) is 5.88. The first-order chi connectivity index (χ1) is 6.75. The van der Waals surface area contributed by atoms with Crippen molar-refractivity contribution in [2.75, 3.05) is 6.54 Å². The number of rotatable bonds is 1. The van der Waals surface area contributed by atoms with Crippen molar-refractivity contribution in [2.24, 2.45) is 5.92 Å². The molecule has 0 aromatic rings. The average molecular weight is 195 g/mol. The topological polar surface area (TPSA) is 32.3 Å². The molecule has 0 bridgehead atoms. The maximum atomic E-state index is 9.56. The Balaban J connectivity index is 1.94. The lowest BCUT2D eigenvalue weighted by Gasteiger charge is -2.32. The molecule has 1 fully saturated rings. The smallest absolute Gasteiger partial charge is 0.0724 e. The summed E-state index contributed by atoms with van der Waals surface area (Å²) < 4.78 is 0. The van der Waals surface area contributed by atoms with Crippen LogP contribution in [0.15, 0.2) is 11.6 Å². The maximum absolute atomic E-state index is 9.56. The molecule has 2 rings (SSSR count). The quantitative estimate of drug-likeness (QED) is 0.626. The van der Waals surface area contributed by atoms with Crippen LogP contribution in [-0.4, -0.2) is 23.8 Å². The van der Waals surface area contributed by atoms with Crippen LogP contribution >= 0.6 is 0 Å². The molecule has 14 heavy (non-hydrogen) atoms. The summed E-state index contributed by atoms with van der Waals surface area (Å²) in [5, 5.41) is 13.1. The van der Waals surface area contributed by atoms with E-state index in [0.717, 1.165) is 25.3 Å². The van der Waals surface area contributed by atoms with Crippen molar-refractivity contribution in [3.63, 3.8) is 0 Å². The predicted molar refractivity (Wildman–Crippen MR) is 58.1 cm³/mol. The van der Waals surface area contributed by atoms with Crippen molar-refractivity contribution >= 4 is 0 Å². The lowest BCUT2D eigenvalue weighted by atomic mass is 9.86. The van der Waals surface area contributed by atoms with E-state index < -0.39 is 0 Å². The zero-order chi connectivity index (χ0) is 9.97. The Bertz CT molecular complexity index is 216. The Morgan fingerprint density at radius 2 is 2.21 bits per heavy atom. The van der Waals surface area contributed by atoms with Crippen LogP contribution in [0, 0.1) is 5.92 Å². The molecule has 3 unspecified atom stereocenters. The fraction of sp³-hybridized carbons (Fsp3) is 0.833. The van der Waals surface area contributed by atoms with E-state index in [1.54, 1.807) is 0 Å². The monoisotopic (exact) mass is 195 g/mol. The summed E-state index contributed by atoms with van der Waals surface area (Å²) >= 11 is 0. The predicted octanol–water partition coefficient (Wildman–Crippen LogP) is 1.85. The summed E-state index contributed by atoms with van der Waals surface area (Å²) in [5.41, 5.74) is 1.45. The van der Waals surface area contributed by atoms with Gasteiger partial charge in [0.1, 0.15) is 0 Å². The van der Waals surface area contributed by atoms with E-state index >= 15 is 0 Å². The van der Waals surface area contributed by atoms with Gasteiger partial charge in [0.25, 0.3) is 0 Å². The van der Waals surface area contributed by atoms with Crippen molar-refractivity contribution in [1.82, 2.24) is 5.32 Å². The molecule has 0 amide bonds. The summed E-state index contributed by atoms with van der Waals surface area (Å²) in [6.07, 6.45) is 7.76. The molecule has 1 aliphatic heterocycles. The third-order valence-electron chi connectivity index (χ3n) is 3.48. The van der Waals surface area contributed by atoms with E-state index in [9.17, 15) is 5.11 Å². The lowest BCUT2D eigenvalue weighted by molar-refractivity contribution is 0.198. The van der Waals surface area contributed by atoms with Crippen LogP contribution < -0.4 is 5.32 Å². The third kappa shape index (κ3) is 2.37. The molecule has 1 heterocycles. The van der Waals surface area contributed by atoms with Crippen LogP contribution in [0.25, 0.3) is 0 Å². The molecule has 2 heteroatoms. The summed E-state index contributed by atoms with van der Waals surface area (Å²) in [6.45, 7) is 3.44. The van der Waals surface area contributed by atoms with Gasteiger partial charge >= 0.3 is 0 Å². The van der Waals surface area contributed by atoms with Crippen molar-refractivity contribution in [2.45, 2.75) is 51.2 Å². The highest BCUT2D eigenvalue weighted by Gasteiger charge is 2.22. The first kappa shape index (κ1) is 10.2. The molecule has 0 saturated carbocycles. The Kier molecular flexibility index (Phi) is 3.24. The van der Waals surface area contributed by atoms with E-state index in [0.29, 0.717) is 6.04 Å². The van der Waals surface area contributed by atoms with Gasteiger partial charge in [-0.1, -0.05) is 18.6 Å². The fourth-order valence-corrected chi connectivity index (χ4v) is 2.53. The summed E-state index contributed by atoms with van der Waals surface area (Å²) in [7, 11) is 0. The SMILES string of the molecule is CC1CCC(C2=CC(O)CCC2)NC1. The second-order valence-electron chi connectivity index (χ2n) is 4.84. The van der Waals surface area contributed by atoms with Gasteiger partial charge in [0.15, 0.2) is 0 Å². The highest BCUT2D eigenvalue weighted by atomic mass is 16.3. The molecular formula is C12H21NO.